The number of Topliss-reactive ketones (excluding diaryl/α,β-unsaturated/α-hetero) is 1. The lowest BCUT2D eigenvalue weighted by Crippen LogP contribution is -2.62. The van der Waals surface area contributed by atoms with Gasteiger partial charge in [-0.1, -0.05) is 19.9 Å². The van der Waals surface area contributed by atoms with Crippen LogP contribution in [0, 0.1) is 34.5 Å². The van der Waals surface area contributed by atoms with Crippen LogP contribution < -0.4 is 0 Å². The zero-order valence-corrected chi connectivity index (χ0v) is 26.9. The van der Waals surface area contributed by atoms with Gasteiger partial charge in [-0.25, -0.2) is 0 Å². The standard InChI is InChI=1S/C35H48F6N2O2/c1-21-18-43(22(2)17-42(21)19-23-5-6-24(34(36,37)38)15-29(23)35(39,40)41)20-33(45)14-13-31(3)25(16-33)7-8-26-27-9-10-30(44)32(27,4)12-11-28(26)31/h5-6,15,21-22,25-28,45H,7-14,16-20H2,1-4H3/t21-,22+,25-,26-,27-,28-,31-,32-,33+/m0/s1. The van der Waals surface area contributed by atoms with Crippen LogP contribution in [0.4, 0.5) is 26.3 Å². The molecule has 1 saturated heterocycles. The maximum Gasteiger partial charge on any atom is 0.416 e. The summed E-state index contributed by atoms with van der Waals surface area (Å²) >= 11 is 0. The van der Waals surface area contributed by atoms with Crippen LogP contribution >= 0.6 is 0 Å². The molecule has 1 heterocycles. The smallest absolute Gasteiger partial charge is 0.389 e. The molecule has 0 amide bonds. The van der Waals surface area contributed by atoms with Crippen LogP contribution in [0.3, 0.4) is 0 Å². The Bertz CT molecular complexity index is 1300. The summed E-state index contributed by atoms with van der Waals surface area (Å²) in [5.74, 6) is 2.57. The summed E-state index contributed by atoms with van der Waals surface area (Å²) in [4.78, 5) is 16.9. The summed E-state index contributed by atoms with van der Waals surface area (Å²) in [6, 6.07) is 1.74. The van der Waals surface area contributed by atoms with Crippen molar-refractivity contribution in [2.24, 2.45) is 34.5 Å². The van der Waals surface area contributed by atoms with Crippen molar-refractivity contribution in [3.8, 4) is 0 Å². The average molecular weight is 643 g/mol. The van der Waals surface area contributed by atoms with Gasteiger partial charge in [0, 0.05) is 50.1 Å². The number of β-amino-alcohol motifs (C(OH)–C–C–N with tert-alkyl or cyclic N) is 1. The van der Waals surface area contributed by atoms with E-state index in [-0.39, 0.29) is 41.1 Å². The highest BCUT2D eigenvalue weighted by atomic mass is 19.4. The molecule has 0 bridgehead atoms. The summed E-state index contributed by atoms with van der Waals surface area (Å²) < 4.78 is 80.9. The van der Waals surface area contributed by atoms with Gasteiger partial charge in [-0.3, -0.25) is 14.6 Å². The molecule has 4 saturated carbocycles. The third-order valence-electron chi connectivity index (χ3n) is 13.4. The van der Waals surface area contributed by atoms with Gasteiger partial charge in [-0.15, -0.1) is 0 Å². The third-order valence-corrected chi connectivity index (χ3v) is 13.4. The Morgan fingerprint density at radius 2 is 1.56 bits per heavy atom. The minimum absolute atomic E-state index is 0.0334. The molecule has 1 aliphatic heterocycles. The van der Waals surface area contributed by atoms with Crippen LogP contribution in [0.15, 0.2) is 18.2 Å². The minimum Gasteiger partial charge on any atom is -0.389 e. The van der Waals surface area contributed by atoms with Crippen molar-refractivity contribution in [2.45, 2.75) is 122 Å². The largest absolute Gasteiger partial charge is 0.416 e. The second kappa shape index (κ2) is 11.2. The van der Waals surface area contributed by atoms with E-state index in [1.807, 2.05) is 18.7 Å². The Labute approximate surface area is 262 Å². The molecule has 5 aliphatic rings. The van der Waals surface area contributed by atoms with E-state index >= 15 is 0 Å². The number of aliphatic hydroxyl groups is 1. The number of halogens is 6. The number of alkyl halides is 6. The summed E-state index contributed by atoms with van der Waals surface area (Å²) in [5, 5.41) is 12.0. The average Bonchev–Trinajstić information content (AvgIpc) is 3.25. The van der Waals surface area contributed by atoms with Crippen molar-refractivity contribution in [1.29, 1.82) is 0 Å². The predicted molar refractivity (Wildman–Crippen MR) is 159 cm³/mol. The van der Waals surface area contributed by atoms with E-state index in [1.165, 1.54) is 0 Å². The monoisotopic (exact) mass is 642 g/mol. The van der Waals surface area contributed by atoms with Crippen molar-refractivity contribution in [3.05, 3.63) is 34.9 Å². The van der Waals surface area contributed by atoms with E-state index < -0.39 is 29.1 Å². The van der Waals surface area contributed by atoms with Crippen LogP contribution in [0.1, 0.15) is 102 Å². The molecule has 4 aliphatic carbocycles. The molecular weight excluding hydrogens is 594 g/mol. The lowest BCUT2D eigenvalue weighted by molar-refractivity contribution is -0.160. The van der Waals surface area contributed by atoms with E-state index in [0.717, 1.165) is 63.5 Å². The van der Waals surface area contributed by atoms with Gasteiger partial charge in [0.1, 0.15) is 5.78 Å². The molecular formula is C35H48F6N2O2. The van der Waals surface area contributed by atoms with E-state index in [2.05, 4.69) is 18.7 Å². The van der Waals surface area contributed by atoms with E-state index in [4.69, 9.17) is 0 Å². The zero-order chi connectivity index (χ0) is 32.7. The van der Waals surface area contributed by atoms with Crippen LogP contribution in [0.25, 0.3) is 0 Å². The fraction of sp³-hybridized carbons (Fsp3) is 0.800. The molecule has 5 fully saturated rings. The maximum absolute atomic E-state index is 13.8. The lowest BCUT2D eigenvalue weighted by atomic mass is 9.44. The van der Waals surface area contributed by atoms with Gasteiger partial charge in [0.2, 0.25) is 0 Å². The number of nitrogens with zero attached hydrogens (tertiary/aromatic N) is 2. The number of hydrogen-bond donors (Lipinski definition) is 1. The molecule has 1 N–H and O–H groups in total. The van der Waals surface area contributed by atoms with Gasteiger partial charge >= 0.3 is 12.4 Å². The highest BCUT2D eigenvalue weighted by molar-refractivity contribution is 5.87. The topological polar surface area (TPSA) is 43.8 Å². The normalized spacial score (nSPS) is 41.4. The number of hydrogen-bond acceptors (Lipinski definition) is 4. The number of carbonyl (C=O) groups excluding carboxylic acids is 1. The Morgan fingerprint density at radius 1 is 0.867 bits per heavy atom. The first-order chi connectivity index (χ1) is 20.8. The molecule has 45 heavy (non-hydrogen) atoms. The molecule has 252 valence electrons. The second-order valence-electron chi connectivity index (χ2n) is 15.9. The van der Waals surface area contributed by atoms with Gasteiger partial charge < -0.3 is 5.11 Å². The number of piperazine rings is 1. The van der Waals surface area contributed by atoms with Gasteiger partial charge in [0.15, 0.2) is 0 Å². The van der Waals surface area contributed by atoms with E-state index in [0.29, 0.717) is 55.5 Å². The number of carbonyl (C=O) groups is 1. The molecule has 1 aromatic carbocycles. The molecule has 0 spiro atoms. The molecule has 10 heteroatoms. The van der Waals surface area contributed by atoms with E-state index in [1.54, 1.807) is 0 Å². The van der Waals surface area contributed by atoms with Crippen molar-refractivity contribution >= 4 is 5.78 Å². The first-order valence-electron chi connectivity index (χ1n) is 16.9. The molecule has 0 aromatic heterocycles. The molecule has 4 nitrogen and oxygen atoms in total. The Morgan fingerprint density at radius 3 is 2.24 bits per heavy atom. The number of fused-ring (bicyclic) bond motifs is 5. The fourth-order valence-corrected chi connectivity index (χ4v) is 10.7. The van der Waals surface area contributed by atoms with Crippen molar-refractivity contribution < 1.29 is 36.2 Å². The van der Waals surface area contributed by atoms with Crippen LogP contribution in [-0.4, -0.2) is 58.0 Å². The Kier molecular flexibility index (Phi) is 8.29. The number of benzene rings is 1. The van der Waals surface area contributed by atoms with E-state index in [9.17, 15) is 36.2 Å². The van der Waals surface area contributed by atoms with Crippen molar-refractivity contribution in [1.82, 2.24) is 9.80 Å². The van der Waals surface area contributed by atoms with Gasteiger partial charge in [-0.05, 0) is 112 Å². The van der Waals surface area contributed by atoms with Crippen LogP contribution in [0.5, 0.6) is 0 Å². The number of ketones is 1. The summed E-state index contributed by atoms with van der Waals surface area (Å²) in [6.45, 7) is 10.0. The van der Waals surface area contributed by atoms with Gasteiger partial charge in [0.05, 0.1) is 16.7 Å². The van der Waals surface area contributed by atoms with Crippen LogP contribution in [0.2, 0.25) is 0 Å². The van der Waals surface area contributed by atoms with Gasteiger partial charge in [0.25, 0.3) is 0 Å². The van der Waals surface area contributed by atoms with Crippen molar-refractivity contribution in [3.63, 3.8) is 0 Å². The third kappa shape index (κ3) is 5.87. The zero-order valence-electron chi connectivity index (χ0n) is 26.9. The molecule has 1 aromatic rings. The molecule has 0 unspecified atom stereocenters. The summed E-state index contributed by atoms with van der Waals surface area (Å²) in [6.07, 6.45) is -1.28. The first kappa shape index (κ1) is 33.3. The molecule has 6 rings (SSSR count). The summed E-state index contributed by atoms with van der Waals surface area (Å²) in [7, 11) is 0. The Balaban J connectivity index is 1.10. The maximum atomic E-state index is 13.8. The van der Waals surface area contributed by atoms with Crippen molar-refractivity contribution in [2.75, 3.05) is 19.6 Å². The molecule has 0 radical (unpaired) electrons. The fourth-order valence-electron chi connectivity index (χ4n) is 10.7. The first-order valence-corrected chi connectivity index (χ1v) is 16.9. The highest BCUT2D eigenvalue weighted by Crippen LogP contribution is 2.66. The highest BCUT2D eigenvalue weighted by Gasteiger charge is 2.61. The molecule has 9 atom stereocenters. The Hall–Kier alpha value is -1.65. The summed E-state index contributed by atoms with van der Waals surface area (Å²) in [5.41, 5.74) is -3.51. The van der Waals surface area contributed by atoms with Gasteiger partial charge in [-0.2, -0.15) is 26.3 Å². The minimum atomic E-state index is -4.89. The predicted octanol–water partition coefficient (Wildman–Crippen LogP) is 7.96. The SMILES string of the molecule is C[C@@H]1CN(Cc2ccc(C(F)(F)F)cc2C(F)(F)F)[C@@H](C)CN1C[C@@]1(O)CC[C@@]2(C)[C@@H](CC[C@@H]3[C@@H]2CC[C@]2(C)C(=O)CC[C@@H]32)C1. The quantitative estimate of drug-likeness (QED) is 0.339. The number of rotatable bonds is 4. The second-order valence-corrected chi connectivity index (χ2v) is 15.9. The van der Waals surface area contributed by atoms with Crippen LogP contribution in [-0.2, 0) is 23.7 Å². The lowest BCUT2D eigenvalue weighted by Gasteiger charge is -2.61.